The Morgan fingerprint density at radius 3 is 2.41 bits per heavy atom. The number of hydrogen-bond acceptors (Lipinski definition) is 5. The Hall–Kier alpha value is -3.28. The third-order valence-corrected chi connectivity index (χ3v) is 4.35. The highest BCUT2D eigenvalue weighted by molar-refractivity contribution is 5.64. The zero-order valence-corrected chi connectivity index (χ0v) is 15.9. The van der Waals surface area contributed by atoms with Crippen LogP contribution in [-0.2, 0) is 6.54 Å². The lowest BCUT2D eigenvalue weighted by molar-refractivity contribution is 0.402. The van der Waals surface area contributed by atoms with E-state index in [0.29, 0.717) is 12.5 Å². The molecule has 0 unspecified atom stereocenters. The van der Waals surface area contributed by atoms with Gasteiger partial charge >= 0.3 is 5.56 Å². The molecule has 0 aliphatic heterocycles. The van der Waals surface area contributed by atoms with Crippen LogP contribution in [0, 0.1) is 13.8 Å². The van der Waals surface area contributed by atoms with E-state index >= 15 is 0 Å². The molecule has 0 amide bonds. The van der Waals surface area contributed by atoms with E-state index in [4.69, 9.17) is 9.47 Å². The molecule has 3 rings (SSSR count). The van der Waals surface area contributed by atoms with Crippen molar-refractivity contribution in [1.29, 1.82) is 0 Å². The van der Waals surface area contributed by atoms with Crippen LogP contribution in [0.4, 0.5) is 11.6 Å². The summed E-state index contributed by atoms with van der Waals surface area (Å²) in [5.74, 6) is 1.43. The van der Waals surface area contributed by atoms with Crippen molar-refractivity contribution < 1.29 is 9.47 Å². The van der Waals surface area contributed by atoms with Crippen LogP contribution in [0.2, 0.25) is 0 Å². The van der Waals surface area contributed by atoms with Crippen molar-refractivity contribution in [2.75, 3.05) is 19.5 Å². The van der Waals surface area contributed by atoms with Crippen molar-refractivity contribution >= 4 is 11.6 Å². The molecule has 6 heteroatoms. The standard InChI is InChI=1S/C21H23N3O3/c1-14-10-17(15(2)18(11-14)26-3)22-21-23-20(25)19(27-4)13-24(21)12-16-8-6-5-7-9-16/h5-11,13H,12H2,1-4H3,(H,22,23,25). The quantitative estimate of drug-likeness (QED) is 0.722. The Morgan fingerprint density at radius 1 is 1.04 bits per heavy atom. The number of nitrogens with zero attached hydrogens (tertiary/aromatic N) is 2. The average molecular weight is 365 g/mol. The maximum Gasteiger partial charge on any atom is 0.316 e. The molecule has 140 valence electrons. The minimum Gasteiger partial charge on any atom is -0.496 e. The second-order valence-electron chi connectivity index (χ2n) is 6.32. The van der Waals surface area contributed by atoms with E-state index in [2.05, 4.69) is 10.3 Å². The molecule has 27 heavy (non-hydrogen) atoms. The molecule has 0 saturated carbocycles. The third kappa shape index (κ3) is 4.11. The molecule has 0 atom stereocenters. The fraction of sp³-hybridized carbons (Fsp3) is 0.238. The molecule has 3 aromatic rings. The van der Waals surface area contributed by atoms with Crippen molar-refractivity contribution in [3.05, 3.63) is 75.7 Å². The summed E-state index contributed by atoms with van der Waals surface area (Å²) in [7, 11) is 3.11. The van der Waals surface area contributed by atoms with E-state index in [1.165, 1.54) is 7.11 Å². The predicted octanol–water partition coefficient (Wildman–Crippen LogP) is 3.67. The van der Waals surface area contributed by atoms with Crippen molar-refractivity contribution in [3.8, 4) is 11.5 Å². The zero-order chi connectivity index (χ0) is 19.4. The summed E-state index contributed by atoms with van der Waals surface area (Å²) >= 11 is 0. The number of rotatable bonds is 6. The Labute approximate surface area is 158 Å². The first kappa shape index (κ1) is 18.5. The summed E-state index contributed by atoms with van der Waals surface area (Å²) in [5, 5.41) is 3.29. The monoisotopic (exact) mass is 365 g/mol. The van der Waals surface area contributed by atoms with Gasteiger partial charge in [0.25, 0.3) is 0 Å². The first-order chi connectivity index (χ1) is 13.0. The fourth-order valence-corrected chi connectivity index (χ4v) is 2.90. The number of anilines is 2. The van der Waals surface area contributed by atoms with Gasteiger partial charge in [0.15, 0.2) is 0 Å². The van der Waals surface area contributed by atoms with Crippen molar-refractivity contribution in [2.45, 2.75) is 20.4 Å². The van der Waals surface area contributed by atoms with Gasteiger partial charge < -0.3 is 19.4 Å². The van der Waals surface area contributed by atoms with E-state index in [1.807, 2.05) is 60.9 Å². The first-order valence-corrected chi connectivity index (χ1v) is 8.63. The van der Waals surface area contributed by atoms with Crippen LogP contribution in [0.15, 0.2) is 53.5 Å². The second kappa shape index (κ2) is 7.95. The molecular weight excluding hydrogens is 342 g/mol. The van der Waals surface area contributed by atoms with Crippen LogP contribution in [0.3, 0.4) is 0 Å². The Kier molecular flexibility index (Phi) is 5.45. The molecule has 1 heterocycles. The number of hydrogen-bond donors (Lipinski definition) is 1. The number of nitrogens with one attached hydrogen (secondary N) is 1. The lowest BCUT2D eigenvalue weighted by Gasteiger charge is -2.18. The minimum absolute atomic E-state index is 0.204. The molecule has 0 aliphatic rings. The highest BCUT2D eigenvalue weighted by Gasteiger charge is 2.13. The average Bonchev–Trinajstić information content (AvgIpc) is 2.67. The molecular formula is C21H23N3O3. The highest BCUT2D eigenvalue weighted by atomic mass is 16.5. The fourth-order valence-electron chi connectivity index (χ4n) is 2.90. The van der Waals surface area contributed by atoms with E-state index in [-0.39, 0.29) is 5.75 Å². The van der Waals surface area contributed by atoms with Gasteiger partial charge in [0, 0.05) is 11.3 Å². The Balaban J connectivity index is 2.05. The molecule has 1 N–H and O–H groups in total. The number of methoxy groups -OCH3 is 2. The second-order valence-corrected chi connectivity index (χ2v) is 6.32. The zero-order valence-electron chi connectivity index (χ0n) is 15.9. The van der Waals surface area contributed by atoms with E-state index in [0.717, 1.165) is 28.1 Å². The smallest absolute Gasteiger partial charge is 0.316 e. The van der Waals surface area contributed by atoms with E-state index in [1.54, 1.807) is 13.3 Å². The minimum atomic E-state index is -0.415. The van der Waals surface area contributed by atoms with Crippen LogP contribution < -0.4 is 20.3 Å². The van der Waals surface area contributed by atoms with Crippen molar-refractivity contribution in [1.82, 2.24) is 9.55 Å². The summed E-state index contributed by atoms with van der Waals surface area (Å²) in [6.07, 6.45) is 1.67. The molecule has 1 aromatic heterocycles. The van der Waals surface area contributed by atoms with Gasteiger partial charge in [-0.25, -0.2) is 0 Å². The SMILES string of the molecule is COc1cc(C)cc(Nc2nc(=O)c(OC)cn2Cc2ccccc2)c1C. The lowest BCUT2D eigenvalue weighted by Crippen LogP contribution is -2.19. The van der Waals surface area contributed by atoms with Crippen molar-refractivity contribution in [2.24, 2.45) is 0 Å². The van der Waals surface area contributed by atoms with Crippen LogP contribution >= 0.6 is 0 Å². The van der Waals surface area contributed by atoms with Gasteiger partial charge in [0.1, 0.15) is 5.75 Å². The number of ether oxygens (including phenoxy) is 2. The summed E-state index contributed by atoms with van der Waals surface area (Å²) in [6, 6.07) is 13.9. The van der Waals surface area contributed by atoms with Gasteiger partial charge in [-0.15, -0.1) is 0 Å². The third-order valence-electron chi connectivity index (χ3n) is 4.35. The molecule has 0 saturated heterocycles. The van der Waals surface area contributed by atoms with Gasteiger partial charge in [0.05, 0.1) is 27.0 Å². The van der Waals surface area contributed by atoms with Gasteiger partial charge in [-0.2, -0.15) is 4.98 Å². The van der Waals surface area contributed by atoms with Gasteiger partial charge in [0.2, 0.25) is 11.7 Å². The van der Waals surface area contributed by atoms with Gasteiger partial charge in [-0.05, 0) is 37.1 Å². The molecule has 0 bridgehead atoms. The lowest BCUT2D eigenvalue weighted by atomic mass is 10.1. The summed E-state index contributed by atoms with van der Waals surface area (Å²) in [5.41, 5.74) is 3.50. The van der Waals surface area contributed by atoms with Crippen molar-refractivity contribution in [3.63, 3.8) is 0 Å². The van der Waals surface area contributed by atoms with Crippen LogP contribution in [0.1, 0.15) is 16.7 Å². The Bertz CT molecular complexity index is 998. The Morgan fingerprint density at radius 2 is 1.74 bits per heavy atom. The first-order valence-electron chi connectivity index (χ1n) is 8.63. The summed E-state index contributed by atoms with van der Waals surface area (Å²) < 4.78 is 12.5. The predicted molar refractivity (Wildman–Crippen MR) is 106 cm³/mol. The number of aryl methyl sites for hydroxylation is 1. The molecule has 0 radical (unpaired) electrons. The normalized spacial score (nSPS) is 10.5. The van der Waals surface area contributed by atoms with Gasteiger partial charge in [-0.3, -0.25) is 4.79 Å². The van der Waals surface area contributed by atoms with E-state index in [9.17, 15) is 4.79 Å². The largest absolute Gasteiger partial charge is 0.496 e. The van der Waals surface area contributed by atoms with Gasteiger partial charge in [-0.1, -0.05) is 30.3 Å². The molecule has 0 aliphatic carbocycles. The topological polar surface area (TPSA) is 65.4 Å². The van der Waals surface area contributed by atoms with Crippen LogP contribution in [-0.4, -0.2) is 23.8 Å². The van der Waals surface area contributed by atoms with E-state index < -0.39 is 5.56 Å². The maximum absolute atomic E-state index is 12.2. The number of aromatic nitrogens is 2. The summed E-state index contributed by atoms with van der Waals surface area (Å²) in [6.45, 7) is 4.50. The summed E-state index contributed by atoms with van der Waals surface area (Å²) in [4.78, 5) is 16.4. The maximum atomic E-state index is 12.2. The van der Waals surface area contributed by atoms with Crippen LogP contribution in [0.25, 0.3) is 0 Å². The molecule has 0 fully saturated rings. The molecule has 0 spiro atoms. The molecule has 6 nitrogen and oxygen atoms in total. The molecule has 2 aromatic carbocycles. The number of benzene rings is 2. The van der Waals surface area contributed by atoms with Crippen LogP contribution in [0.5, 0.6) is 11.5 Å². The highest BCUT2D eigenvalue weighted by Crippen LogP contribution is 2.29.